The molecule has 111 heavy (non-hydrogen) atoms. The maximum absolute atomic E-state index is 6.08. The topological polar surface area (TPSA) is 123 Å². The van der Waals surface area contributed by atoms with Crippen LogP contribution in [0.1, 0.15) is 0 Å². The zero-order chi connectivity index (χ0) is 72.9. The van der Waals surface area contributed by atoms with E-state index in [4.69, 9.17) is 34.9 Å². The van der Waals surface area contributed by atoms with Crippen molar-refractivity contribution < 1.29 is 0 Å². The number of imidazole rings is 6. The molecule has 520 valence electrons. The Balaban J connectivity index is 0.766. The molecular weight excluding hydrogens is 1390 g/mol. The minimum atomic E-state index is -3.44. The van der Waals surface area contributed by atoms with E-state index in [0.717, 1.165) is 153 Å². The van der Waals surface area contributed by atoms with E-state index < -0.39 is 16.1 Å². The van der Waals surface area contributed by atoms with E-state index in [1.54, 1.807) is 0 Å². The fourth-order valence-corrected chi connectivity index (χ4v) is 26.8. The third-order valence-electron chi connectivity index (χ3n) is 22.6. The van der Waals surface area contributed by atoms with Crippen molar-refractivity contribution in [1.29, 1.82) is 0 Å². The van der Waals surface area contributed by atoms with Crippen LogP contribution in [0.4, 0.5) is 0 Å². The van der Waals surface area contributed by atoms with Crippen molar-refractivity contribution in [2.75, 3.05) is 0 Å². The molecule has 0 aliphatic rings. The van der Waals surface area contributed by atoms with Gasteiger partial charge in [0.1, 0.15) is 34.2 Å². The Bertz CT molecular complexity index is 7460. The molecule has 0 unspecified atom stereocenters. The number of aromatic nitrogens is 14. The van der Waals surface area contributed by atoms with Gasteiger partial charge in [0, 0.05) is 22.9 Å². The van der Waals surface area contributed by atoms with Crippen molar-refractivity contribution in [3.63, 3.8) is 0 Å². The molecule has 23 rings (SSSR count). The van der Waals surface area contributed by atoms with Crippen LogP contribution < -0.4 is 42.0 Å². The molecule has 9 heterocycles. The molecule has 0 radical (unpaired) electrons. The summed E-state index contributed by atoms with van der Waals surface area (Å²) >= 11 is 0. The van der Waals surface area contributed by atoms with E-state index in [2.05, 4.69) is 408 Å². The highest BCUT2D eigenvalue weighted by molar-refractivity contribution is 7.19. The normalized spacial score (nSPS) is 12.3. The highest BCUT2D eigenvalue weighted by Crippen LogP contribution is 2.41. The van der Waals surface area contributed by atoms with Crippen molar-refractivity contribution in [1.82, 2.24) is 66.4 Å². The molecule has 0 N–H and O–H groups in total. The first-order valence-corrected chi connectivity index (χ1v) is 41.4. The van der Waals surface area contributed by atoms with Crippen LogP contribution in [0.25, 0.3) is 140 Å². The van der Waals surface area contributed by atoms with Gasteiger partial charge >= 0.3 is 0 Å². The highest BCUT2D eigenvalue weighted by Gasteiger charge is 2.47. The molecule has 0 aliphatic carbocycles. The number of nitrogens with zero attached hydrogens (tertiary/aromatic N) is 14. The van der Waals surface area contributed by atoms with Crippen molar-refractivity contribution in [3.8, 4) is 34.4 Å². The number of hydrogen-bond donors (Lipinski definition) is 0. The number of hydrogen-bond acceptors (Lipinski definition) is 7. The van der Waals surface area contributed by atoms with Crippen LogP contribution in [0.3, 0.4) is 0 Å². The maximum atomic E-state index is 6.08. The summed E-state index contributed by atoms with van der Waals surface area (Å²) in [6.45, 7) is 0. The minimum Gasteiger partial charge on any atom is -0.294 e. The first kappa shape index (κ1) is 62.5. The van der Waals surface area contributed by atoms with Crippen LogP contribution in [-0.2, 0) is 0 Å². The molecule has 0 atom stereocenters. The molecule has 0 saturated carbocycles. The lowest BCUT2D eigenvalue weighted by Gasteiger charge is -2.32. The van der Waals surface area contributed by atoms with E-state index in [1.165, 1.54) is 0 Å². The van der Waals surface area contributed by atoms with Crippen molar-refractivity contribution in [3.05, 3.63) is 376 Å². The third-order valence-corrected chi connectivity index (χ3v) is 31.6. The average Bonchev–Trinajstić information content (AvgIpc) is 1.65. The zero-order valence-corrected chi connectivity index (χ0v) is 61.6. The molecular formula is C95H62N14Si2. The van der Waals surface area contributed by atoms with Crippen molar-refractivity contribution in [2.45, 2.75) is 0 Å². The summed E-state index contributed by atoms with van der Waals surface area (Å²) in [5.41, 5.74) is 17.0. The summed E-state index contributed by atoms with van der Waals surface area (Å²) in [6, 6.07) is 134. The summed E-state index contributed by atoms with van der Waals surface area (Å²) in [5.74, 6) is 5.00. The van der Waals surface area contributed by atoms with E-state index in [9.17, 15) is 0 Å². The Labute approximate surface area is 636 Å². The lowest BCUT2D eigenvalue weighted by Crippen LogP contribution is -2.76. The second-order valence-corrected chi connectivity index (χ2v) is 35.8. The Morgan fingerprint density at radius 2 is 0.495 bits per heavy atom. The van der Waals surface area contributed by atoms with E-state index in [0.29, 0.717) is 28.7 Å². The Hall–Kier alpha value is -14.7. The predicted octanol–water partition coefficient (Wildman–Crippen LogP) is 15.0. The second kappa shape index (κ2) is 24.4. The molecule has 9 aromatic heterocycles. The van der Waals surface area contributed by atoms with Gasteiger partial charge in [-0.1, -0.05) is 279 Å². The molecule has 0 spiro atoms. The Kier molecular flexibility index (Phi) is 13.7. The molecule has 0 saturated heterocycles. The van der Waals surface area contributed by atoms with Gasteiger partial charge in [0.05, 0.1) is 77.2 Å². The largest absolute Gasteiger partial charge is 0.294 e. The summed E-state index contributed by atoms with van der Waals surface area (Å²) in [7, 11) is -6.86. The van der Waals surface area contributed by atoms with Crippen molar-refractivity contribution >= 4 is 164 Å². The first-order valence-electron chi connectivity index (χ1n) is 37.4. The van der Waals surface area contributed by atoms with E-state index >= 15 is 0 Å². The quantitative estimate of drug-likeness (QED) is 0.0832. The summed E-state index contributed by atoms with van der Waals surface area (Å²) in [4.78, 5) is 40.8. The van der Waals surface area contributed by atoms with Gasteiger partial charge in [-0.2, -0.15) is 0 Å². The number of fused-ring (bicyclic) bond motifs is 18. The number of para-hydroxylation sites is 11. The standard InChI is InChI=1S/C95H62N14Si2/c1-7-32-64(33-8-1)110(65-34-9-2-10-35-65,66-36-11-3-12-37-66)91-99-86(61-87(100-91)107-82-54-28-25-51-79(82)104-76-49-23-20-46-72(76)96-93(104)107)103-75-48-22-19-44-71(75)90-70(45-31-57-85(90)103)63-58-59-78-74(60-63)98-95-106(78)81-53-27-30-56-84(81)109(95)89-62-88(108-83-55-29-26-52-80(83)105-77-50-24-21-47-73(77)97-94(105)108)101-92(102-89)111(67-38-13-4-14-39-67,68-40-15-5-16-41-68)69-42-17-6-18-43-69/h1-62H. The molecule has 0 bridgehead atoms. The molecule has 16 heteroatoms. The molecule has 0 aliphatic heterocycles. The molecule has 23 aromatic rings. The summed E-state index contributed by atoms with van der Waals surface area (Å²) < 4.78 is 15.9. The number of benzene rings is 14. The van der Waals surface area contributed by atoms with Crippen LogP contribution in [-0.4, -0.2) is 82.5 Å². The predicted molar refractivity (Wildman–Crippen MR) is 454 cm³/mol. The van der Waals surface area contributed by atoms with Gasteiger partial charge in [0.2, 0.25) is 33.5 Å². The lowest BCUT2D eigenvalue weighted by atomic mass is 9.99. The van der Waals surface area contributed by atoms with Crippen LogP contribution in [0.15, 0.2) is 376 Å². The average molecular weight is 1460 g/mol. The van der Waals surface area contributed by atoms with E-state index in [1.807, 2.05) is 0 Å². The van der Waals surface area contributed by atoms with Gasteiger partial charge in [0.25, 0.3) is 0 Å². The van der Waals surface area contributed by atoms with Gasteiger partial charge < -0.3 is 0 Å². The Morgan fingerprint density at radius 1 is 0.198 bits per heavy atom. The summed E-state index contributed by atoms with van der Waals surface area (Å²) in [6.07, 6.45) is 0. The van der Waals surface area contributed by atoms with Gasteiger partial charge in [-0.25, -0.2) is 34.9 Å². The maximum Gasteiger partial charge on any atom is 0.226 e. The van der Waals surface area contributed by atoms with Crippen LogP contribution in [0, 0.1) is 0 Å². The monoisotopic (exact) mass is 1450 g/mol. The molecule has 14 nitrogen and oxygen atoms in total. The SMILES string of the molecule is c1ccc([Si](c2ccccc2)(c2ccccc2)c2nc(-n3c4ccccc4c4c(-c5ccc6c(c5)nc5n(-c7cc(-n8c9ccccc9n9c%10ccccc%10nc89)nc([Si](c8ccccc8)(c8ccccc8)c8ccccc8)n7)c7ccccc7n65)cccc43)cc(-n3c4ccccc4n4c5ccccc5nc34)n2)cc1. The highest BCUT2D eigenvalue weighted by atomic mass is 28.3. The smallest absolute Gasteiger partial charge is 0.226 e. The van der Waals surface area contributed by atoms with Crippen LogP contribution in [0.2, 0.25) is 0 Å². The number of rotatable bonds is 13. The third kappa shape index (κ3) is 9.07. The first-order chi connectivity index (χ1) is 55.1. The van der Waals surface area contributed by atoms with Gasteiger partial charge in [-0.3, -0.25) is 31.5 Å². The van der Waals surface area contributed by atoms with E-state index in [-0.39, 0.29) is 0 Å². The summed E-state index contributed by atoms with van der Waals surface area (Å²) in [5, 5.41) is 9.11. The Morgan fingerprint density at radius 3 is 0.883 bits per heavy atom. The molecule has 14 aromatic carbocycles. The van der Waals surface area contributed by atoms with Gasteiger partial charge in [-0.05, 0) is 127 Å². The fraction of sp³-hybridized carbons (Fsp3) is 0. The molecule has 0 fully saturated rings. The van der Waals surface area contributed by atoms with Crippen LogP contribution >= 0.6 is 0 Å². The van der Waals surface area contributed by atoms with Gasteiger partial charge in [-0.15, -0.1) is 0 Å². The molecule has 0 amide bonds. The second-order valence-electron chi connectivity index (χ2n) is 28.5. The fourth-order valence-electron chi connectivity index (χ4n) is 18.0. The lowest BCUT2D eigenvalue weighted by molar-refractivity contribution is 0.982. The van der Waals surface area contributed by atoms with Crippen LogP contribution in [0.5, 0.6) is 0 Å². The minimum absolute atomic E-state index is 0.667. The zero-order valence-electron chi connectivity index (χ0n) is 59.6. The van der Waals surface area contributed by atoms with Crippen molar-refractivity contribution in [2.24, 2.45) is 0 Å². The van der Waals surface area contributed by atoms with Gasteiger partial charge in [0.15, 0.2) is 0 Å².